The van der Waals surface area contributed by atoms with Gasteiger partial charge < -0.3 is 10.1 Å². The van der Waals surface area contributed by atoms with Gasteiger partial charge in [0, 0.05) is 1.43 Å². The second kappa shape index (κ2) is 4.82. The Morgan fingerprint density at radius 3 is 2.85 bits per heavy atom. The number of nitrogens with one attached hydrogen (secondary N) is 1. The Morgan fingerprint density at radius 1 is 1.38 bits per heavy atom. The molecule has 0 saturated carbocycles. The minimum Gasteiger partial charge on any atom is -0.484 e. The van der Waals surface area contributed by atoms with Gasteiger partial charge >= 0.3 is 0 Å². The summed E-state index contributed by atoms with van der Waals surface area (Å²) in [6.45, 7) is 4.49. The van der Waals surface area contributed by atoms with Crippen LogP contribution < -0.4 is 10.1 Å². The lowest BCUT2D eigenvalue weighted by Gasteiger charge is -2.18. The molecular weight excluding hydrogens is 182 g/mol. The predicted molar refractivity (Wildman–Crippen MR) is 61.6 cm³/mol. The van der Waals surface area contributed by atoms with Crippen molar-refractivity contribution < 1.29 is 6.16 Å². The molecule has 1 heterocycles. The van der Waals surface area contributed by atoms with Crippen molar-refractivity contribution in [2.45, 2.75) is 13.8 Å². The molecule has 2 nitrogen and oxygen atoms in total. The van der Waals surface area contributed by atoms with Gasteiger partial charge in [-0.2, -0.15) is 0 Å². The smallest absolute Gasteiger partial charge is 0.143 e. The van der Waals surface area contributed by atoms with E-state index in [-0.39, 0.29) is 1.43 Å². The summed E-state index contributed by atoms with van der Waals surface area (Å²) in [5, 5.41) is 3.07. The number of ether oxygens (including phenoxy) is 1. The molecule has 0 unspecified atom stereocenters. The predicted octanol–water partition coefficient (Wildman–Crippen LogP) is 3.09. The van der Waals surface area contributed by atoms with Crippen LogP contribution >= 0.6 is 12.2 Å². The van der Waals surface area contributed by atoms with E-state index in [4.69, 9.17) is 17.0 Å². The van der Waals surface area contributed by atoms with Crippen molar-refractivity contribution in [1.29, 1.82) is 0 Å². The molecule has 72 valence electrons. The third-order valence-electron chi connectivity index (χ3n) is 1.52. The minimum absolute atomic E-state index is 0. The zero-order chi connectivity index (χ0) is 9.68. The fraction of sp³-hybridized carbons (Fsp3) is 0.300. The van der Waals surface area contributed by atoms with Crippen LogP contribution in [-0.2, 0) is 0 Å². The highest BCUT2D eigenvalue weighted by Crippen LogP contribution is 2.26. The number of fused-ring (bicyclic) bond motifs is 1. The molecule has 1 aromatic rings. The van der Waals surface area contributed by atoms with Crippen molar-refractivity contribution >= 4 is 22.9 Å². The molecule has 0 amide bonds. The van der Waals surface area contributed by atoms with E-state index >= 15 is 0 Å². The first-order valence-electron chi connectivity index (χ1n) is 4.38. The van der Waals surface area contributed by atoms with E-state index in [0.29, 0.717) is 6.61 Å². The van der Waals surface area contributed by atoms with Crippen molar-refractivity contribution in [2.75, 3.05) is 11.9 Å². The first-order chi connectivity index (χ1) is 6.36. The molecule has 0 spiro atoms. The fourth-order valence-electron chi connectivity index (χ4n) is 1.03. The highest BCUT2D eigenvalue weighted by atomic mass is 32.1. The molecular formula is C10H15NOS. The summed E-state index contributed by atoms with van der Waals surface area (Å²) in [6.07, 6.45) is 0. The minimum atomic E-state index is 0. The van der Waals surface area contributed by atoms with Gasteiger partial charge in [0.05, 0.1) is 5.69 Å². The van der Waals surface area contributed by atoms with E-state index in [0.717, 1.165) is 16.4 Å². The molecule has 3 heteroatoms. The first kappa shape index (κ1) is 9.99. The Morgan fingerprint density at radius 2 is 2.08 bits per heavy atom. The van der Waals surface area contributed by atoms with E-state index in [1.165, 1.54) is 0 Å². The molecule has 0 bridgehead atoms. The normalized spacial score (nSPS) is 12.9. The molecule has 1 aliphatic rings. The van der Waals surface area contributed by atoms with Crippen molar-refractivity contribution in [1.82, 2.24) is 0 Å². The van der Waals surface area contributed by atoms with Crippen LogP contribution in [0.3, 0.4) is 0 Å². The topological polar surface area (TPSA) is 21.3 Å². The molecule has 0 aliphatic carbocycles. The highest BCUT2D eigenvalue weighted by molar-refractivity contribution is 7.80. The van der Waals surface area contributed by atoms with Crippen LogP contribution in [0.4, 0.5) is 5.69 Å². The summed E-state index contributed by atoms with van der Waals surface area (Å²) in [6, 6.07) is 7.75. The molecule has 0 atom stereocenters. The molecule has 1 aliphatic heterocycles. The van der Waals surface area contributed by atoms with E-state index < -0.39 is 0 Å². The SMILES string of the molecule is CC.S=C1COc2ccccc2N1.[HH]. The lowest BCUT2D eigenvalue weighted by molar-refractivity contribution is 0.375. The Bertz CT molecular complexity index is 304. The molecule has 13 heavy (non-hydrogen) atoms. The maximum absolute atomic E-state index is 5.33. The number of hydrogen-bond donors (Lipinski definition) is 1. The third-order valence-corrected chi connectivity index (χ3v) is 1.74. The molecule has 1 N–H and O–H groups in total. The van der Waals surface area contributed by atoms with Gasteiger partial charge in [-0.3, -0.25) is 0 Å². The monoisotopic (exact) mass is 197 g/mol. The van der Waals surface area contributed by atoms with Gasteiger partial charge in [0.15, 0.2) is 0 Å². The van der Waals surface area contributed by atoms with E-state index in [9.17, 15) is 0 Å². The maximum Gasteiger partial charge on any atom is 0.143 e. The lowest BCUT2D eigenvalue weighted by atomic mass is 10.2. The lowest BCUT2D eigenvalue weighted by Crippen LogP contribution is -2.23. The van der Waals surface area contributed by atoms with Gasteiger partial charge in [0.2, 0.25) is 0 Å². The van der Waals surface area contributed by atoms with Crippen molar-refractivity contribution in [3.05, 3.63) is 24.3 Å². The van der Waals surface area contributed by atoms with Gasteiger partial charge in [-0.15, -0.1) is 0 Å². The quantitative estimate of drug-likeness (QED) is 0.646. The third kappa shape index (κ3) is 2.42. The number of rotatable bonds is 0. The largest absolute Gasteiger partial charge is 0.484 e. The van der Waals surface area contributed by atoms with E-state index in [1.807, 2.05) is 38.1 Å². The maximum atomic E-state index is 5.33. The second-order valence-corrected chi connectivity index (χ2v) is 2.83. The summed E-state index contributed by atoms with van der Waals surface area (Å²) in [7, 11) is 0. The van der Waals surface area contributed by atoms with Crippen LogP contribution in [0.2, 0.25) is 0 Å². The van der Waals surface area contributed by atoms with Gasteiger partial charge in [0.1, 0.15) is 17.3 Å². The van der Waals surface area contributed by atoms with Gasteiger partial charge in [-0.05, 0) is 12.1 Å². The van der Waals surface area contributed by atoms with Gasteiger partial charge in [0.25, 0.3) is 0 Å². The first-order valence-corrected chi connectivity index (χ1v) is 4.79. The van der Waals surface area contributed by atoms with Crippen LogP contribution in [0, 0.1) is 0 Å². The second-order valence-electron chi connectivity index (χ2n) is 2.33. The average molecular weight is 197 g/mol. The van der Waals surface area contributed by atoms with Crippen LogP contribution in [0.1, 0.15) is 15.3 Å². The zero-order valence-corrected chi connectivity index (χ0v) is 8.65. The van der Waals surface area contributed by atoms with E-state index in [2.05, 4.69) is 5.32 Å². The highest BCUT2D eigenvalue weighted by Gasteiger charge is 2.10. The zero-order valence-electron chi connectivity index (χ0n) is 7.83. The van der Waals surface area contributed by atoms with Crippen LogP contribution in [0.25, 0.3) is 0 Å². The molecule has 2 rings (SSSR count). The summed E-state index contributed by atoms with van der Waals surface area (Å²) in [5.41, 5.74) is 0.962. The summed E-state index contributed by atoms with van der Waals surface area (Å²) in [5.74, 6) is 0.876. The Balaban J connectivity index is 0.000000531. The standard InChI is InChI=1S/C8H7NOS.C2H6.H2/c11-8-5-10-7-4-2-1-3-6(7)9-8;1-2;/h1-4H,5H2,(H,9,11);1-2H3;1H. The molecule has 0 fully saturated rings. The average Bonchev–Trinajstić information content (AvgIpc) is 2.21. The summed E-state index contributed by atoms with van der Waals surface area (Å²) >= 11 is 4.95. The summed E-state index contributed by atoms with van der Waals surface area (Å²) in [4.78, 5) is 0.740. The van der Waals surface area contributed by atoms with Gasteiger partial charge in [-0.25, -0.2) is 0 Å². The molecule has 0 radical (unpaired) electrons. The van der Waals surface area contributed by atoms with Crippen LogP contribution in [0.15, 0.2) is 24.3 Å². The van der Waals surface area contributed by atoms with Crippen molar-refractivity contribution in [2.24, 2.45) is 0 Å². The Kier molecular flexibility index (Phi) is 3.71. The number of anilines is 1. The molecule has 1 aromatic carbocycles. The number of hydrogen-bond acceptors (Lipinski definition) is 2. The number of para-hydroxylation sites is 2. The molecule has 0 aromatic heterocycles. The van der Waals surface area contributed by atoms with E-state index in [1.54, 1.807) is 0 Å². The number of thiocarbonyl (C=S) groups is 1. The number of benzene rings is 1. The Hall–Kier alpha value is -1.09. The van der Waals surface area contributed by atoms with Crippen LogP contribution in [-0.4, -0.2) is 11.6 Å². The van der Waals surface area contributed by atoms with Crippen LogP contribution in [0.5, 0.6) is 5.75 Å². The fourth-order valence-corrected chi connectivity index (χ4v) is 1.19. The molecule has 0 saturated heterocycles. The van der Waals surface area contributed by atoms with Crippen molar-refractivity contribution in [3.63, 3.8) is 0 Å². The van der Waals surface area contributed by atoms with Gasteiger partial charge in [-0.1, -0.05) is 38.2 Å². The van der Waals surface area contributed by atoms with Crippen molar-refractivity contribution in [3.8, 4) is 5.75 Å². The summed E-state index contributed by atoms with van der Waals surface area (Å²) < 4.78 is 5.33. The Labute approximate surface area is 85.4 Å².